The summed E-state index contributed by atoms with van der Waals surface area (Å²) in [5.74, 6) is 1.88. The topological polar surface area (TPSA) is 43.6 Å². The standard InChI is InChI=1S/C59H36N4S/c1-3-14-37(15-4-1)39-22-13-23-44(30-39)49-36-46(63-53-34-42-20-9-7-18-40(42)31-50(53)51-32-41-19-8-10-21-43(41)35-54(51)63)27-28-48(49)59-61-57(38-16-5-2-6-17-38)60-58(62-59)45-26-29-56-52(33-45)47-24-11-12-25-55(47)64-56/h1-36H. The van der Waals surface area contributed by atoms with Gasteiger partial charge in [0.05, 0.1) is 11.0 Å². The largest absolute Gasteiger partial charge is 0.309 e. The van der Waals surface area contributed by atoms with Gasteiger partial charge < -0.3 is 4.57 Å². The van der Waals surface area contributed by atoms with Crippen LogP contribution in [0.15, 0.2) is 218 Å². The van der Waals surface area contributed by atoms with Gasteiger partial charge in [0, 0.05) is 53.3 Å². The van der Waals surface area contributed by atoms with E-state index >= 15 is 0 Å². The van der Waals surface area contributed by atoms with Gasteiger partial charge in [0.2, 0.25) is 0 Å². The fourth-order valence-electron chi connectivity index (χ4n) is 9.47. The van der Waals surface area contributed by atoms with Crippen molar-refractivity contribution in [3.8, 4) is 62.1 Å². The summed E-state index contributed by atoms with van der Waals surface area (Å²) in [7, 11) is 0. The summed E-state index contributed by atoms with van der Waals surface area (Å²) < 4.78 is 4.94. The normalized spacial score (nSPS) is 11.8. The smallest absolute Gasteiger partial charge is 0.164 e. The number of hydrogen-bond acceptors (Lipinski definition) is 4. The van der Waals surface area contributed by atoms with Crippen LogP contribution in [0.2, 0.25) is 0 Å². The first kappa shape index (κ1) is 36.4. The van der Waals surface area contributed by atoms with Crippen molar-refractivity contribution in [3.05, 3.63) is 218 Å². The maximum atomic E-state index is 5.37. The van der Waals surface area contributed by atoms with E-state index in [2.05, 4.69) is 205 Å². The van der Waals surface area contributed by atoms with Crippen LogP contribution in [0.25, 0.3) is 126 Å². The molecular weight excluding hydrogens is 797 g/mol. The monoisotopic (exact) mass is 832 g/mol. The van der Waals surface area contributed by atoms with E-state index in [0.717, 1.165) is 55.7 Å². The minimum absolute atomic E-state index is 0.616. The Balaban J connectivity index is 1.08. The quantitative estimate of drug-likeness (QED) is 0.168. The summed E-state index contributed by atoms with van der Waals surface area (Å²) in [4.78, 5) is 15.9. The predicted octanol–water partition coefficient (Wildman–Crippen LogP) is 16.0. The molecule has 0 bridgehead atoms. The number of fused-ring (bicyclic) bond motifs is 8. The number of thiophene rings is 1. The highest BCUT2D eigenvalue weighted by Gasteiger charge is 2.21. The fourth-order valence-corrected chi connectivity index (χ4v) is 10.6. The molecule has 64 heavy (non-hydrogen) atoms. The van der Waals surface area contributed by atoms with Gasteiger partial charge in [-0.05, 0) is 117 Å². The van der Waals surface area contributed by atoms with Gasteiger partial charge >= 0.3 is 0 Å². The van der Waals surface area contributed by atoms with Crippen LogP contribution in [-0.4, -0.2) is 19.5 Å². The Kier molecular flexibility index (Phi) is 8.36. The van der Waals surface area contributed by atoms with Gasteiger partial charge in [-0.25, -0.2) is 15.0 Å². The van der Waals surface area contributed by atoms with E-state index < -0.39 is 0 Å². The molecule has 298 valence electrons. The number of rotatable bonds is 6. The molecule has 0 saturated carbocycles. The molecule has 0 saturated heterocycles. The van der Waals surface area contributed by atoms with Crippen LogP contribution < -0.4 is 0 Å². The van der Waals surface area contributed by atoms with Crippen molar-refractivity contribution >= 4 is 74.9 Å². The molecule has 0 amide bonds. The van der Waals surface area contributed by atoms with Crippen LogP contribution in [0.5, 0.6) is 0 Å². The van der Waals surface area contributed by atoms with E-state index in [0.29, 0.717) is 17.5 Å². The highest BCUT2D eigenvalue weighted by molar-refractivity contribution is 7.25. The van der Waals surface area contributed by atoms with Crippen molar-refractivity contribution in [2.75, 3.05) is 0 Å². The molecule has 0 radical (unpaired) electrons. The predicted molar refractivity (Wildman–Crippen MR) is 269 cm³/mol. The zero-order chi connectivity index (χ0) is 42.1. The minimum atomic E-state index is 0.616. The van der Waals surface area contributed by atoms with Gasteiger partial charge in [-0.2, -0.15) is 0 Å². The minimum Gasteiger partial charge on any atom is -0.309 e. The summed E-state index contributed by atoms with van der Waals surface area (Å²) in [6.45, 7) is 0. The van der Waals surface area contributed by atoms with Crippen molar-refractivity contribution < 1.29 is 0 Å². The molecule has 0 unspecified atom stereocenters. The highest BCUT2D eigenvalue weighted by Crippen LogP contribution is 2.42. The Labute approximate surface area is 373 Å². The molecule has 0 spiro atoms. The van der Waals surface area contributed by atoms with Gasteiger partial charge in [0.25, 0.3) is 0 Å². The lowest BCUT2D eigenvalue weighted by atomic mass is 9.94. The lowest BCUT2D eigenvalue weighted by Crippen LogP contribution is -2.02. The van der Waals surface area contributed by atoms with Gasteiger partial charge in [-0.3, -0.25) is 0 Å². The molecule has 13 aromatic rings. The van der Waals surface area contributed by atoms with Crippen molar-refractivity contribution in [2.45, 2.75) is 0 Å². The summed E-state index contributed by atoms with van der Waals surface area (Å²) in [6.07, 6.45) is 0. The molecule has 10 aromatic carbocycles. The summed E-state index contributed by atoms with van der Waals surface area (Å²) in [6, 6.07) is 78.3. The Morgan fingerprint density at radius 3 is 1.55 bits per heavy atom. The number of hydrogen-bond donors (Lipinski definition) is 0. The molecule has 3 aromatic heterocycles. The fraction of sp³-hybridized carbons (Fsp3) is 0. The Morgan fingerprint density at radius 1 is 0.297 bits per heavy atom. The van der Waals surface area contributed by atoms with Crippen molar-refractivity contribution in [2.24, 2.45) is 0 Å². The second-order valence-electron chi connectivity index (χ2n) is 16.4. The third-order valence-electron chi connectivity index (χ3n) is 12.6. The average Bonchev–Trinajstić information content (AvgIpc) is 3.89. The third-order valence-corrected chi connectivity index (χ3v) is 13.7. The van der Waals surface area contributed by atoms with Crippen molar-refractivity contribution in [1.29, 1.82) is 0 Å². The van der Waals surface area contributed by atoms with Gasteiger partial charge in [-0.1, -0.05) is 146 Å². The van der Waals surface area contributed by atoms with Gasteiger partial charge in [0.15, 0.2) is 17.5 Å². The van der Waals surface area contributed by atoms with E-state index in [-0.39, 0.29) is 0 Å². The van der Waals surface area contributed by atoms with Crippen LogP contribution in [0, 0.1) is 0 Å². The first-order chi connectivity index (χ1) is 31.7. The van der Waals surface area contributed by atoms with Gasteiger partial charge in [-0.15, -0.1) is 11.3 Å². The maximum absolute atomic E-state index is 5.37. The molecule has 0 aliphatic rings. The molecule has 13 rings (SSSR count). The van der Waals surface area contributed by atoms with Crippen LogP contribution in [0.4, 0.5) is 0 Å². The van der Waals surface area contributed by atoms with Crippen molar-refractivity contribution in [1.82, 2.24) is 19.5 Å². The van der Waals surface area contributed by atoms with E-state index in [9.17, 15) is 0 Å². The number of nitrogens with zero attached hydrogens (tertiary/aromatic N) is 4. The summed E-state index contributed by atoms with van der Waals surface area (Å²) >= 11 is 1.81. The second kappa shape index (κ2) is 14.7. The van der Waals surface area contributed by atoms with Crippen LogP contribution in [0.3, 0.4) is 0 Å². The zero-order valence-corrected chi connectivity index (χ0v) is 35.3. The molecule has 0 fully saturated rings. The summed E-state index contributed by atoms with van der Waals surface area (Å²) in [5.41, 5.74) is 10.6. The molecule has 0 aliphatic carbocycles. The van der Waals surface area contributed by atoms with Crippen molar-refractivity contribution in [3.63, 3.8) is 0 Å². The third kappa shape index (κ3) is 6.09. The first-order valence-corrected chi connectivity index (χ1v) is 22.4. The number of aromatic nitrogens is 4. The van der Waals surface area contributed by atoms with Crippen LogP contribution in [0.1, 0.15) is 0 Å². The molecule has 4 nitrogen and oxygen atoms in total. The van der Waals surface area contributed by atoms with Crippen LogP contribution in [-0.2, 0) is 0 Å². The number of benzene rings is 10. The molecule has 0 aliphatic heterocycles. The Morgan fingerprint density at radius 2 is 0.844 bits per heavy atom. The zero-order valence-electron chi connectivity index (χ0n) is 34.5. The molecular formula is C59H36N4S. The first-order valence-electron chi connectivity index (χ1n) is 21.6. The average molecular weight is 833 g/mol. The lowest BCUT2D eigenvalue weighted by Gasteiger charge is -2.16. The molecule has 5 heteroatoms. The second-order valence-corrected chi connectivity index (χ2v) is 17.5. The SMILES string of the molecule is c1ccc(-c2cccc(-c3cc(-n4c5cc6ccccc6cc5c5cc6ccccc6cc54)ccc3-c3nc(-c4ccccc4)nc(-c4ccc5sc6ccccc6c5c4)n3)c2)cc1. The Bertz CT molecular complexity index is 3870. The van der Waals surface area contributed by atoms with E-state index in [1.807, 2.05) is 29.5 Å². The molecule has 3 heterocycles. The molecule has 0 N–H and O–H groups in total. The van der Waals surface area contributed by atoms with E-state index in [1.165, 1.54) is 52.5 Å². The van der Waals surface area contributed by atoms with Gasteiger partial charge in [0.1, 0.15) is 0 Å². The Hall–Kier alpha value is -8.25. The van der Waals surface area contributed by atoms with Crippen LogP contribution >= 0.6 is 11.3 Å². The lowest BCUT2D eigenvalue weighted by molar-refractivity contribution is 1.07. The highest BCUT2D eigenvalue weighted by atomic mass is 32.1. The van der Waals surface area contributed by atoms with E-state index in [4.69, 9.17) is 15.0 Å². The van der Waals surface area contributed by atoms with E-state index in [1.54, 1.807) is 0 Å². The molecule has 0 atom stereocenters. The maximum Gasteiger partial charge on any atom is 0.164 e. The summed E-state index contributed by atoms with van der Waals surface area (Å²) in [5, 5.41) is 9.75.